The first-order valence-corrected chi connectivity index (χ1v) is 8.10. The fourth-order valence-corrected chi connectivity index (χ4v) is 2.65. The van der Waals surface area contributed by atoms with Crippen molar-refractivity contribution in [3.8, 4) is 0 Å². The number of hydrogen-bond acceptors (Lipinski definition) is 2. The molecule has 0 saturated carbocycles. The summed E-state index contributed by atoms with van der Waals surface area (Å²) in [6, 6.07) is 0. The Balaban J connectivity index is 2.35. The van der Waals surface area contributed by atoms with E-state index in [1.807, 2.05) is 11.8 Å². The molecular formula is C16H31NO2. The van der Waals surface area contributed by atoms with E-state index in [-0.39, 0.29) is 12.1 Å². The molecule has 1 rings (SSSR count). The first kappa shape index (κ1) is 16.5. The number of carbonyl (C=O) groups is 1. The number of ether oxygens (including phenoxy) is 1. The van der Waals surface area contributed by atoms with Gasteiger partial charge in [0.05, 0.1) is 6.61 Å². The first-order chi connectivity index (χ1) is 9.19. The second-order valence-electron chi connectivity index (χ2n) is 5.75. The van der Waals surface area contributed by atoms with Crippen LogP contribution in [0.5, 0.6) is 0 Å². The highest BCUT2D eigenvalue weighted by molar-refractivity contribution is 5.76. The summed E-state index contributed by atoms with van der Waals surface area (Å²) in [6.07, 6.45) is 8.90. The molecule has 0 spiro atoms. The molecule has 2 unspecified atom stereocenters. The molecular weight excluding hydrogens is 238 g/mol. The smallest absolute Gasteiger partial charge is 0.224 e. The Morgan fingerprint density at radius 3 is 2.74 bits per heavy atom. The second-order valence-corrected chi connectivity index (χ2v) is 5.75. The average molecular weight is 269 g/mol. The highest BCUT2D eigenvalue weighted by Gasteiger charge is 2.22. The summed E-state index contributed by atoms with van der Waals surface area (Å²) in [7, 11) is 0. The molecule has 1 aliphatic rings. The van der Waals surface area contributed by atoms with Crippen LogP contribution in [-0.2, 0) is 9.53 Å². The van der Waals surface area contributed by atoms with E-state index in [1.54, 1.807) is 0 Å². The lowest BCUT2D eigenvalue weighted by Crippen LogP contribution is -2.40. The van der Waals surface area contributed by atoms with Gasteiger partial charge < -0.3 is 9.64 Å². The molecule has 1 heterocycles. The first-order valence-electron chi connectivity index (χ1n) is 8.10. The van der Waals surface area contributed by atoms with Gasteiger partial charge in [-0.15, -0.1) is 0 Å². The third kappa shape index (κ3) is 5.94. The lowest BCUT2D eigenvalue weighted by molar-refractivity contribution is -0.145. The average Bonchev–Trinajstić information content (AvgIpc) is 2.63. The van der Waals surface area contributed by atoms with E-state index in [0.717, 1.165) is 26.0 Å². The Kier molecular flexibility index (Phi) is 8.11. The molecule has 0 aromatic rings. The van der Waals surface area contributed by atoms with Gasteiger partial charge in [0.25, 0.3) is 0 Å². The Labute approximate surface area is 118 Å². The third-order valence-electron chi connectivity index (χ3n) is 4.17. The van der Waals surface area contributed by atoms with E-state index < -0.39 is 0 Å². The SMILES string of the molecule is CCCCC(CC)COC(C)N1CCCCCC1=O. The molecule has 3 heteroatoms. The zero-order valence-corrected chi connectivity index (χ0v) is 13.0. The van der Waals surface area contributed by atoms with Crippen molar-refractivity contribution in [1.29, 1.82) is 0 Å². The van der Waals surface area contributed by atoms with Gasteiger partial charge in [0.15, 0.2) is 0 Å². The molecule has 112 valence electrons. The maximum Gasteiger partial charge on any atom is 0.224 e. The maximum absolute atomic E-state index is 12.0. The highest BCUT2D eigenvalue weighted by Crippen LogP contribution is 2.17. The molecule has 2 atom stereocenters. The minimum atomic E-state index is -0.0544. The third-order valence-corrected chi connectivity index (χ3v) is 4.17. The van der Waals surface area contributed by atoms with Gasteiger partial charge in [-0.05, 0) is 32.1 Å². The summed E-state index contributed by atoms with van der Waals surface area (Å²) in [6.45, 7) is 8.14. The predicted molar refractivity (Wildman–Crippen MR) is 78.9 cm³/mol. The Bertz CT molecular complexity index is 255. The Hall–Kier alpha value is -0.570. The Morgan fingerprint density at radius 2 is 2.05 bits per heavy atom. The topological polar surface area (TPSA) is 29.5 Å². The summed E-state index contributed by atoms with van der Waals surface area (Å²) in [5.74, 6) is 0.913. The number of amides is 1. The predicted octanol–water partition coefficient (Wildman–Crippen LogP) is 3.97. The van der Waals surface area contributed by atoms with Crippen LogP contribution in [0.2, 0.25) is 0 Å². The highest BCUT2D eigenvalue weighted by atomic mass is 16.5. The molecule has 1 aliphatic heterocycles. The van der Waals surface area contributed by atoms with E-state index in [0.29, 0.717) is 12.3 Å². The van der Waals surface area contributed by atoms with Crippen molar-refractivity contribution >= 4 is 5.91 Å². The molecule has 0 aromatic carbocycles. The minimum absolute atomic E-state index is 0.0544. The summed E-state index contributed by atoms with van der Waals surface area (Å²) in [5.41, 5.74) is 0. The maximum atomic E-state index is 12.0. The summed E-state index contributed by atoms with van der Waals surface area (Å²) in [4.78, 5) is 13.9. The minimum Gasteiger partial charge on any atom is -0.358 e. The van der Waals surface area contributed by atoms with Gasteiger partial charge in [-0.3, -0.25) is 4.79 Å². The van der Waals surface area contributed by atoms with Gasteiger partial charge >= 0.3 is 0 Å². The molecule has 1 fully saturated rings. The van der Waals surface area contributed by atoms with Crippen molar-refractivity contribution in [2.75, 3.05) is 13.2 Å². The molecule has 1 saturated heterocycles. The summed E-state index contributed by atoms with van der Waals surface area (Å²) < 4.78 is 5.96. The monoisotopic (exact) mass is 269 g/mol. The lowest BCUT2D eigenvalue weighted by Gasteiger charge is -2.29. The van der Waals surface area contributed by atoms with Gasteiger partial charge in [-0.1, -0.05) is 39.5 Å². The number of hydrogen-bond donors (Lipinski definition) is 0. The standard InChI is InChI=1S/C16H31NO2/c1-4-6-10-15(5-2)13-19-14(3)17-12-9-7-8-11-16(17)18/h14-15H,4-13H2,1-3H3. The fourth-order valence-electron chi connectivity index (χ4n) is 2.65. The van der Waals surface area contributed by atoms with E-state index in [9.17, 15) is 4.79 Å². The van der Waals surface area contributed by atoms with Crippen LogP contribution in [0.25, 0.3) is 0 Å². The lowest BCUT2D eigenvalue weighted by atomic mass is 10.0. The molecule has 1 amide bonds. The van der Waals surface area contributed by atoms with Crippen molar-refractivity contribution in [3.63, 3.8) is 0 Å². The summed E-state index contributed by atoms with van der Waals surface area (Å²) >= 11 is 0. The number of unbranched alkanes of at least 4 members (excludes halogenated alkanes) is 1. The van der Waals surface area contributed by atoms with Crippen LogP contribution < -0.4 is 0 Å². The van der Waals surface area contributed by atoms with Crippen molar-refractivity contribution in [1.82, 2.24) is 4.90 Å². The Morgan fingerprint density at radius 1 is 1.26 bits per heavy atom. The van der Waals surface area contributed by atoms with Crippen molar-refractivity contribution in [2.24, 2.45) is 5.92 Å². The van der Waals surface area contributed by atoms with Crippen molar-refractivity contribution in [2.45, 2.75) is 78.4 Å². The van der Waals surface area contributed by atoms with Gasteiger partial charge in [0.2, 0.25) is 5.91 Å². The van der Waals surface area contributed by atoms with Crippen LogP contribution in [0.3, 0.4) is 0 Å². The van der Waals surface area contributed by atoms with E-state index in [4.69, 9.17) is 4.74 Å². The second kappa shape index (κ2) is 9.35. The zero-order chi connectivity index (χ0) is 14.1. The van der Waals surface area contributed by atoms with Crippen LogP contribution in [-0.4, -0.2) is 30.2 Å². The largest absolute Gasteiger partial charge is 0.358 e. The van der Waals surface area contributed by atoms with Crippen molar-refractivity contribution in [3.05, 3.63) is 0 Å². The molecule has 0 aromatic heterocycles. The fraction of sp³-hybridized carbons (Fsp3) is 0.938. The quantitative estimate of drug-likeness (QED) is 0.667. The zero-order valence-electron chi connectivity index (χ0n) is 13.0. The molecule has 0 aliphatic carbocycles. The van der Waals surface area contributed by atoms with Crippen LogP contribution in [0.15, 0.2) is 0 Å². The van der Waals surface area contributed by atoms with Gasteiger partial charge in [0, 0.05) is 13.0 Å². The van der Waals surface area contributed by atoms with Crippen LogP contribution in [0, 0.1) is 5.92 Å². The van der Waals surface area contributed by atoms with Gasteiger partial charge in [-0.25, -0.2) is 0 Å². The molecule has 0 bridgehead atoms. The van der Waals surface area contributed by atoms with Gasteiger partial charge in [-0.2, -0.15) is 0 Å². The van der Waals surface area contributed by atoms with E-state index in [1.165, 1.54) is 32.1 Å². The van der Waals surface area contributed by atoms with Crippen LogP contribution >= 0.6 is 0 Å². The molecule has 19 heavy (non-hydrogen) atoms. The number of rotatable bonds is 8. The van der Waals surface area contributed by atoms with E-state index in [2.05, 4.69) is 13.8 Å². The molecule has 0 radical (unpaired) electrons. The molecule has 3 nitrogen and oxygen atoms in total. The van der Waals surface area contributed by atoms with Crippen LogP contribution in [0.4, 0.5) is 0 Å². The van der Waals surface area contributed by atoms with Crippen LogP contribution in [0.1, 0.15) is 72.1 Å². The molecule has 0 N–H and O–H groups in total. The van der Waals surface area contributed by atoms with Crippen molar-refractivity contribution < 1.29 is 9.53 Å². The van der Waals surface area contributed by atoms with Gasteiger partial charge in [0.1, 0.15) is 6.23 Å². The number of likely N-dealkylation sites (tertiary alicyclic amines) is 1. The summed E-state index contributed by atoms with van der Waals surface area (Å²) in [5, 5.41) is 0. The van der Waals surface area contributed by atoms with E-state index >= 15 is 0 Å². The number of carbonyl (C=O) groups excluding carboxylic acids is 1. The number of nitrogens with zero attached hydrogens (tertiary/aromatic N) is 1. The normalized spacial score (nSPS) is 20.2.